The van der Waals surface area contributed by atoms with Crippen molar-refractivity contribution in [3.63, 3.8) is 0 Å². The molecule has 0 aromatic carbocycles. The first kappa shape index (κ1) is 8.80. The topological polar surface area (TPSA) is 29.5 Å². The molecule has 0 aliphatic carbocycles. The van der Waals surface area contributed by atoms with Crippen LogP contribution in [-0.4, -0.2) is 23.7 Å². The van der Waals surface area contributed by atoms with Crippen molar-refractivity contribution >= 4 is 0 Å². The van der Waals surface area contributed by atoms with Crippen molar-refractivity contribution < 1.29 is 23.0 Å². The second-order valence-corrected chi connectivity index (χ2v) is 2.55. The van der Waals surface area contributed by atoms with Crippen molar-refractivity contribution in [2.45, 2.75) is 37.8 Å². The minimum atomic E-state index is -4.33. The lowest BCUT2D eigenvalue weighted by molar-refractivity contribution is -0.277. The van der Waals surface area contributed by atoms with Crippen LogP contribution in [0.1, 0.15) is 19.3 Å². The summed E-state index contributed by atoms with van der Waals surface area (Å²) < 4.78 is 39.9. The predicted molar refractivity (Wildman–Crippen MR) is 30.8 cm³/mol. The highest BCUT2D eigenvalue weighted by Gasteiger charge is 2.43. The summed E-state index contributed by atoms with van der Waals surface area (Å²) in [6, 6.07) is 0. The summed E-state index contributed by atoms with van der Waals surface area (Å²) >= 11 is 0. The van der Waals surface area contributed by atoms with E-state index in [1.165, 1.54) is 0 Å². The fourth-order valence-electron chi connectivity index (χ4n) is 1.04. The Balaban J connectivity index is 2.46. The number of hydrogen-bond donors (Lipinski definition) is 1. The van der Waals surface area contributed by atoms with Gasteiger partial charge in [-0.25, -0.2) is 0 Å². The van der Waals surface area contributed by atoms with Crippen LogP contribution < -0.4 is 0 Å². The van der Waals surface area contributed by atoms with E-state index in [1.54, 1.807) is 0 Å². The van der Waals surface area contributed by atoms with E-state index in [4.69, 9.17) is 5.11 Å². The standard InChI is InChI=1S/C6H9F3O2/c7-6(8,9)4-2-1-3-5(10)11-4/h4-5,10H,1-3H2. The molecule has 0 radical (unpaired) electrons. The Kier molecular flexibility index (Phi) is 2.39. The van der Waals surface area contributed by atoms with Gasteiger partial charge in [0.1, 0.15) is 0 Å². The van der Waals surface area contributed by atoms with Gasteiger partial charge >= 0.3 is 6.18 Å². The minimum Gasteiger partial charge on any atom is -0.368 e. The third-order valence-corrected chi connectivity index (χ3v) is 1.60. The Bertz CT molecular complexity index is 134. The second-order valence-electron chi connectivity index (χ2n) is 2.55. The number of alkyl halides is 3. The number of aliphatic hydroxyl groups is 1. The number of halogens is 3. The summed E-state index contributed by atoms with van der Waals surface area (Å²) in [6.07, 6.45) is -6.72. The van der Waals surface area contributed by atoms with Gasteiger partial charge < -0.3 is 9.84 Å². The summed E-state index contributed by atoms with van der Waals surface area (Å²) in [5, 5.41) is 8.72. The van der Waals surface area contributed by atoms with E-state index in [2.05, 4.69) is 4.74 Å². The van der Waals surface area contributed by atoms with Crippen LogP contribution in [0.15, 0.2) is 0 Å². The van der Waals surface area contributed by atoms with Gasteiger partial charge in [0.2, 0.25) is 0 Å². The van der Waals surface area contributed by atoms with E-state index in [9.17, 15) is 13.2 Å². The van der Waals surface area contributed by atoms with Gasteiger partial charge in [0.15, 0.2) is 12.4 Å². The first-order valence-corrected chi connectivity index (χ1v) is 3.40. The van der Waals surface area contributed by atoms with Gasteiger partial charge in [-0.05, 0) is 19.3 Å². The molecule has 1 saturated heterocycles. The molecule has 1 N–H and O–H groups in total. The molecule has 1 rings (SSSR count). The maximum absolute atomic E-state index is 11.9. The van der Waals surface area contributed by atoms with Crippen molar-refractivity contribution in [2.24, 2.45) is 0 Å². The first-order chi connectivity index (χ1) is 5.00. The van der Waals surface area contributed by atoms with Crippen LogP contribution >= 0.6 is 0 Å². The van der Waals surface area contributed by atoms with Gasteiger partial charge in [-0.3, -0.25) is 0 Å². The second kappa shape index (κ2) is 2.98. The third-order valence-electron chi connectivity index (χ3n) is 1.60. The lowest BCUT2D eigenvalue weighted by atomic mass is 10.1. The average molecular weight is 170 g/mol. The Morgan fingerprint density at radius 3 is 2.27 bits per heavy atom. The molecule has 0 spiro atoms. The molecule has 2 atom stereocenters. The zero-order valence-electron chi connectivity index (χ0n) is 5.77. The summed E-state index contributed by atoms with van der Waals surface area (Å²) in [6.45, 7) is 0. The molecule has 0 aromatic heterocycles. The summed E-state index contributed by atoms with van der Waals surface area (Å²) in [5.74, 6) is 0. The number of aliphatic hydroxyl groups excluding tert-OH is 1. The van der Waals surface area contributed by atoms with E-state index in [0.29, 0.717) is 12.8 Å². The van der Waals surface area contributed by atoms with E-state index in [0.717, 1.165) is 0 Å². The molecule has 0 aromatic rings. The minimum absolute atomic E-state index is 0.0411. The zero-order chi connectivity index (χ0) is 8.48. The highest BCUT2D eigenvalue weighted by molar-refractivity contribution is 4.72. The first-order valence-electron chi connectivity index (χ1n) is 3.40. The smallest absolute Gasteiger partial charge is 0.368 e. The van der Waals surface area contributed by atoms with Crippen LogP contribution in [0.3, 0.4) is 0 Å². The molecule has 0 amide bonds. The Morgan fingerprint density at radius 1 is 1.27 bits per heavy atom. The van der Waals surface area contributed by atoms with Crippen LogP contribution in [0.5, 0.6) is 0 Å². The molecule has 2 unspecified atom stereocenters. The third kappa shape index (κ3) is 2.34. The summed E-state index contributed by atoms with van der Waals surface area (Å²) in [7, 11) is 0. The van der Waals surface area contributed by atoms with Crippen LogP contribution in [-0.2, 0) is 4.74 Å². The molecule has 0 bridgehead atoms. The van der Waals surface area contributed by atoms with Gasteiger partial charge in [-0.1, -0.05) is 0 Å². The van der Waals surface area contributed by atoms with Crippen LogP contribution in [0.25, 0.3) is 0 Å². The molecule has 2 nitrogen and oxygen atoms in total. The highest BCUT2D eigenvalue weighted by atomic mass is 19.4. The predicted octanol–water partition coefficient (Wildman–Crippen LogP) is 1.44. The van der Waals surface area contributed by atoms with E-state index < -0.39 is 18.6 Å². The van der Waals surface area contributed by atoms with Crippen molar-refractivity contribution in [3.8, 4) is 0 Å². The van der Waals surface area contributed by atoms with Gasteiger partial charge in [0.25, 0.3) is 0 Å². The lowest BCUT2D eigenvalue weighted by Crippen LogP contribution is -2.38. The molecule has 0 saturated carbocycles. The van der Waals surface area contributed by atoms with E-state index in [-0.39, 0.29) is 6.42 Å². The van der Waals surface area contributed by atoms with Crippen LogP contribution in [0.2, 0.25) is 0 Å². The fraction of sp³-hybridized carbons (Fsp3) is 1.00. The Labute approximate surface area is 62.0 Å². The SMILES string of the molecule is OC1CCCC(C(F)(F)F)O1. The molecule has 5 heteroatoms. The van der Waals surface area contributed by atoms with Gasteiger partial charge in [-0.15, -0.1) is 0 Å². The largest absolute Gasteiger partial charge is 0.414 e. The monoisotopic (exact) mass is 170 g/mol. The van der Waals surface area contributed by atoms with Crippen molar-refractivity contribution in [1.29, 1.82) is 0 Å². The molecule has 1 aliphatic heterocycles. The average Bonchev–Trinajstić information content (AvgIpc) is 1.86. The van der Waals surface area contributed by atoms with E-state index in [1.807, 2.05) is 0 Å². The van der Waals surface area contributed by atoms with Crippen molar-refractivity contribution in [1.82, 2.24) is 0 Å². The van der Waals surface area contributed by atoms with Gasteiger partial charge in [-0.2, -0.15) is 13.2 Å². The zero-order valence-corrected chi connectivity index (χ0v) is 5.77. The fourth-order valence-corrected chi connectivity index (χ4v) is 1.04. The number of ether oxygens (including phenoxy) is 1. The summed E-state index contributed by atoms with van der Waals surface area (Å²) in [5.41, 5.74) is 0. The molecule has 1 heterocycles. The summed E-state index contributed by atoms with van der Waals surface area (Å²) in [4.78, 5) is 0. The molecular weight excluding hydrogens is 161 g/mol. The quantitative estimate of drug-likeness (QED) is 0.596. The van der Waals surface area contributed by atoms with Crippen molar-refractivity contribution in [2.75, 3.05) is 0 Å². The highest BCUT2D eigenvalue weighted by Crippen LogP contribution is 2.31. The van der Waals surface area contributed by atoms with Crippen LogP contribution in [0, 0.1) is 0 Å². The Morgan fingerprint density at radius 2 is 1.91 bits per heavy atom. The maximum Gasteiger partial charge on any atom is 0.414 e. The molecule has 1 aliphatic rings. The number of rotatable bonds is 0. The molecule has 1 fully saturated rings. The lowest BCUT2D eigenvalue weighted by Gasteiger charge is -2.28. The van der Waals surface area contributed by atoms with Gasteiger partial charge in [0.05, 0.1) is 0 Å². The maximum atomic E-state index is 11.9. The molecule has 66 valence electrons. The number of hydrogen-bond acceptors (Lipinski definition) is 2. The Hall–Kier alpha value is -0.290. The van der Waals surface area contributed by atoms with E-state index >= 15 is 0 Å². The molecule has 11 heavy (non-hydrogen) atoms. The van der Waals surface area contributed by atoms with Crippen molar-refractivity contribution in [3.05, 3.63) is 0 Å². The van der Waals surface area contributed by atoms with Crippen LogP contribution in [0.4, 0.5) is 13.2 Å². The van der Waals surface area contributed by atoms with Gasteiger partial charge in [0, 0.05) is 0 Å². The molecular formula is C6H9F3O2. The normalized spacial score (nSPS) is 33.8.